The number of nitrogens with zero attached hydrogens (tertiary/aromatic N) is 3. The molecular formula is C66H79N7O10Si. The fourth-order valence-electron chi connectivity index (χ4n) is 12.0. The van der Waals surface area contributed by atoms with Crippen LogP contribution < -0.4 is 21.3 Å². The summed E-state index contributed by atoms with van der Waals surface area (Å²) in [6.07, 6.45) is 4.62. The van der Waals surface area contributed by atoms with Gasteiger partial charge in [0.1, 0.15) is 36.4 Å². The Balaban J connectivity index is 0.847. The number of ether oxygens (including phenoxy) is 2. The second-order valence-electron chi connectivity index (χ2n) is 24.8. The summed E-state index contributed by atoms with van der Waals surface area (Å²) < 4.78 is 11.2. The zero-order valence-corrected chi connectivity index (χ0v) is 50.3. The Bertz CT molecular complexity index is 3240. The molecule has 4 N–H and O–H groups in total. The number of ketones is 1. The van der Waals surface area contributed by atoms with Gasteiger partial charge < -0.3 is 35.6 Å². The average Bonchev–Trinajstić information content (AvgIpc) is 3.55. The molecule has 0 spiro atoms. The highest BCUT2D eigenvalue weighted by molar-refractivity contribution is 6.79. The van der Waals surface area contributed by atoms with Crippen molar-refractivity contribution in [3.63, 3.8) is 0 Å². The van der Waals surface area contributed by atoms with E-state index < -0.39 is 73.8 Å². The molecule has 17 nitrogen and oxygen atoms in total. The number of amides is 7. The zero-order chi connectivity index (χ0) is 59.9. The van der Waals surface area contributed by atoms with E-state index in [1.807, 2.05) is 72.8 Å². The number of nitrogens with one attached hydrogen (secondary N) is 4. The molecule has 18 heteroatoms. The Morgan fingerprint density at radius 3 is 1.83 bits per heavy atom. The first-order valence-electron chi connectivity index (χ1n) is 29.4. The van der Waals surface area contributed by atoms with E-state index in [2.05, 4.69) is 52.6 Å². The first-order chi connectivity index (χ1) is 40.1. The first kappa shape index (κ1) is 60.5. The van der Waals surface area contributed by atoms with Gasteiger partial charge in [-0.3, -0.25) is 38.6 Å². The highest BCUT2D eigenvalue weighted by Gasteiger charge is 2.48. The first-order valence-corrected chi connectivity index (χ1v) is 32.8. The van der Waals surface area contributed by atoms with Crippen LogP contribution in [-0.2, 0) is 60.9 Å². The molecule has 2 fully saturated rings. The maximum Gasteiger partial charge on any atom is 0.410 e. The van der Waals surface area contributed by atoms with Gasteiger partial charge in [0.15, 0.2) is 5.78 Å². The van der Waals surface area contributed by atoms with E-state index in [0.29, 0.717) is 34.5 Å². The highest BCUT2D eigenvalue weighted by atomic mass is 28.3. The average molecular weight is 1160 g/mol. The summed E-state index contributed by atoms with van der Waals surface area (Å²) >= 11 is 0. The predicted octanol–water partition coefficient (Wildman–Crippen LogP) is 8.75. The highest BCUT2D eigenvalue weighted by Crippen LogP contribution is 2.34. The van der Waals surface area contributed by atoms with Crippen LogP contribution in [0.4, 0.5) is 9.59 Å². The summed E-state index contributed by atoms with van der Waals surface area (Å²) in [6, 6.07) is 34.9. The maximum absolute atomic E-state index is 15.0. The van der Waals surface area contributed by atoms with Crippen molar-refractivity contribution < 1.29 is 47.8 Å². The summed E-state index contributed by atoms with van der Waals surface area (Å²) in [5.41, 5.74) is 6.62. The third kappa shape index (κ3) is 15.0. The number of likely N-dealkylation sites (N-methyl/N-ethyl adjacent to an activating group) is 1. The molecular weight excluding hydrogens is 1080 g/mol. The van der Waals surface area contributed by atoms with Gasteiger partial charge in [0, 0.05) is 49.8 Å². The quantitative estimate of drug-likeness (QED) is 0.0513. The van der Waals surface area contributed by atoms with Gasteiger partial charge in [0.25, 0.3) is 5.91 Å². The van der Waals surface area contributed by atoms with Gasteiger partial charge in [-0.25, -0.2) is 9.59 Å². The van der Waals surface area contributed by atoms with Crippen molar-refractivity contribution in [3.05, 3.63) is 177 Å². The number of fused-ring (bicyclic) bond motifs is 2. The van der Waals surface area contributed by atoms with Gasteiger partial charge in [-0.15, -0.1) is 0 Å². The van der Waals surface area contributed by atoms with E-state index in [0.717, 1.165) is 55.2 Å². The van der Waals surface area contributed by atoms with E-state index >= 15 is 0 Å². The van der Waals surface area contributed by atoms with Gasteiger partial charge in [-0.05, 0) is 130 Å². The number of benzene rings is 5. The van der Waals surface area contributed by atoms with Gasteiger partial charge in [0.05, 0.1) is 20.2 Å². The smallest absolute Gasteiger partial charge is 0.410 e. The Kier molecular flexibility index (Phi) is 18.9. The molecule has 0 radical (unpaired) electrons. The van der Waals surface area contributed by atoms with Crippen LogP contribution in [-0.4, -0.2) is 126 Å². The summed E-state index contributed by atoms with van der Waals surface area (Å²) in [7, 11) is -0.639. The van der Waals surface area contributed by atoms with Crippen LogP contribution in [0.25, 0.3) is 0 Å². The lowest BCUT2D eigenvalue weighted by atomic mass is 9.87. The summed E-state index contributed by atoms with van der Waals surface area (Å²) in [6.45, 7) is 11.2. The Morgan fingerprint density at radius 1 is 0.667 bits per heavy atom. The van der Waals surface area contributed by atoms with Gasteiger partial charge in [-0.1, -0.05) is 128 Å². The fourth-order valence-corrected chi connectivity index (χ4v) is 14.9. The molecule has 2 aliphatic heterocycles. The Morgan fingerprint density at radius 2 is 1.23 bits per heavy atom. The molecule has 442 valence electrons. The molecule has 2 heterocycles. The molecule has 0 aromatic heterocycles. The second-order valence-corrected chi connectivity index (χ2v) is 29.8. The normalized spacial score (nSPS) is 20.4. The maximum atomic E-state index is 15.0. The van der Waals surface area contributed by atoms with Crippen molar-refractivity contribution in [2.24, 2.45) is 0 Å². The van der Waals surface area contributed by atoms with Crippen LogP contribution in [0.2, 0.25) is 19.1 Å². The van der Waals surface area contributed by atoms with E-state index in [-0.39, 0.29) is 62.1 Å². The largest absolute Gasteiger partial charge is 0.445 e. The molecule has 4 aliphatic rings. The standard InChI is InChI=1S/C66H79N7O10Si/c1-42(71(5)64(80)83-66(2,3)4)59(75)70-55(63(79)73-41-84(6,7)40-57(73)62(78)69-54-26-16-22-47-20-12-14-24-52(47)54)35-43-27-29-44(30-28-43)36-58(74)48-31-33-49(34-32-48)60(76)67-50-37-56(72(38-50)65(81)82-39-45-17-9-8-10-18-45)61(77)68-53-25-15-21-46-19-11-13-23-51(46)53/h8-14,17-20,23-24,27-34,42,50,53-57H,15-16,21-22,25-26,35-41H2,1-7H3,(H,67,76)(H,68,77)(H,69,78)(H,70,75)/t42-,50?,53+,54?,55-,56-,57-/m0/s1. The Hall–Kier alpha value is -8.12. The van der Waals surface area contributed by atoms with Crippen LogP contribution in [0.15, 0.2) is 127 Å². The third-order valence-corrected chi connectivity index (χ3v) is 19.3. The molecule has 7 atom stereocenters. The number of Topliss-reactive ketones (excluding diaryl/α,β-unsaturated/α-hetero) is 1. The van der Waals surface area contributed by atoms with E-state index in [9.17, 15) is 38.4 Å². The van der Waals surface area contributed by atoms with Crippen molar-refractivity contribution in [2.75, 3.05) is 19.8 Å². The molecule has 2 aliphatic carbocycles. The SMILES string of the molecule is C[C@@H](C(=O)N[C@@H](Cc1ccc(CC(=O)c2ccc(C(=O)NC3C[C@@H](C(=O)N[C@@H]4CCCc5ccccc54)N(C(=O)OCc4ccccc4)C3)cc2)cc1)C(=O)N1C[Si](C)(C)C[C@H]1C(=O)NC1CCCc2ccccc21)N(C)C(=O)OC(C)(C)C. The van der Waals surface area contributed by atoms with Crippen molar-refractivity contribution in [1.82, 2.24) is 36.0 Å². The van der Waals surface area contributed by atoms with Crippen LogP contribution in [0.3, 0.4) is 0 Å². The minimum Gasteiger partial charge on any atom is -0.445 e. The predicted molar refractivity (Wildman–Crippen MR) is 321 cm³/mol. The van der Waals surface area contributed by atoms with Gasteiger partial charge >= 0.3 is 12.2 Å². The van der Waals surface area contributed by atoms with Crippen molar-refractivity contribution in [3.8, 4) is 0 Å². The van der Waals surface area contributed by atoms with Crippen molar-refractivity contribution in [2.45, 2.75) is 159 Å². The number of aryl methyl sites for hydroxylation is 2. The summed E-state index contributed by atoms with van der Waals surface area (Å²) in [5.74, 6) is -2.12. The molecule has 7 amide bonds. The van der Waals surface area contributed by atoms with Crippen LogP contribution in [0, 0.1) is 0 Å². The zero-order valence-electron chi connectivity index (χ0n) is 49.3. The molecule has 5 aromatic rings. The van der Waals surface area contributed by atoms with E-state index in [1.165, 1.54) is 28.0 Å². The molecule has 2 saturated heterocycles. The minimum absolute atomic E-state index is 0.0236. The molecule has 2 unspecified atom stereocenters. The molecule has 84 heavy (non-hydrogen) atoms. The lowest BCUT2D eigenvalue weighted by Crippen LogP contribution is -2.57. The van der Waals surface area contributed by atoms with Crippen LogP contribution in [0.5, 0.6) is 0 Å². The molecule has 5 aromatic carbocycles. The van der Waals surface area contributed by atoms with Gasteiger partial charge in [-0.2, -0.15) is 0 Å². The number of carbonyl (C=O) groups excluding carboxylic acids is 8. The number of likely N-dealkylation sites (tertiary alicyclic amines) is 1. The summed E-state index contributed by atoms with van der Waals surface area (Å²) in [4.78, 5) is 116. The minimum atomic E-state index is -2.11. The molecule has 0 saturated carbocycles. The van der Waals surface area contributed by atoms with Crippen molar-refractivity contribution in [1.29, 1.82) is 0 Å². The number of carbonyl (C=O) groups is 8. The number of hydrogen-bond acceptors (Lipinski definition) is 10. The molecule has 9 rings (SSSR count). The van der Waals surface area contributed by atoms with Crippen LogP contribution >= 0.6 is 0 Å². The fraction of sp³-hybridized carbons (Fsp3) is 0.424. The van der Waals surface area contributed by atoms with Gasteiger partial charge in [0.2, 0.25) is 23.6 Å². The lowest BCUT2D eigenvalue weighted by molar-refractivity contribution is -0.141. The van der Waals surface area contributed by atoms with E-state index in [4.69, 9.17) is 9.47 Å². The topological polar surface area (TPSA) is 213 Å². The monoisotopic (exact) mass is 1160 g/mol. The lowest BCUT2D eigenvalue weighted by Gasteiger charge is -2.33. The summed E-state index contributed by atoms with van der Waals surface area (Å²) in [5, 5.41) is 12.4. The van der Waals surface area contributed by atoms with Crippen LogP contribution in [0.1, 0.15) is 132 Å². The van der Waals surface area contributed by atoms with Crippen molar-refractivity contribution >= 4 is 55.6 Å². The Labute approximate surface area is 493 Å². The molecule has 0 bridgehead atoms. The number of hydrogen-bond donors (Lipinski definition) is 4. The second kappa shape index (κ2) is 26.2. The van der Waals surface area contributed by atoms with E-state index in [1.54, 1.807) is 69.0 Å². The number of rotatable bonds is 17. The third-order valence-electron chi connectivity index (χ3n) is 16.6.